The van der Waals surface area contributed by atoms with Gasteiger partial charge in [0.25, 0.3) is 5.91 Å². The highest BCUT2D eigenvalue weighted by Gasteiger charge is 2.22. The number of rotatable bonds is 6. The number of benzene rings is 2. The Balaban J connectivity index is 1.63. The maximum Gasteiger partial charge on any atom is 0.343 e. The predicted molar refractivity (Wildman–Crippen MR) is 103 cm³/mol. The van der Waals surface area contributed by atoms with Crippen LogP contribution in [0.3, 0.4) is 0 Å². The summed E-state index contributed by atoms with van der Waals surface area (Å²) in [5.74, 6) is -1.11. The molecule has 0 saturated heterocycles. The van der Waals surface area contributed by atoms with Gasteiger partial charge in [-0.2, -0.15) is 5.10 Å². The molecule has 2 aromatic carbocycles. The molecular formula is C20H18ClN3O3. The third kappa shape index (κ3) is 4.74. The normalized spacial score (nSPS) is 10.4. The van der Waals surface area contributed by atoms with Gasteiger partial charge < -0.3 is 10.1 Å². The summed E-state index contributed by atoms with van der Waals surface area (Å²) in [6.45, 7) is 1.70. The number of halogens is 1. The minimum absolute atomic E-state index is 0.167. The van der Waals surface area contributed by atoms with Crippen molar-refractivity contribution in [3.63, 3.8) is 0 Å². The number of nitrogens with one attached hydrogen (secondary N) is 1. The van der Waals surface area contributed by atoms with Crippen LogP contribution in [-0.4, -0.2) is 28.3 Å². The lowest BCUT2D eigenvalue weighted by molar-refractivity contribution is -0.119. The summed E-state index contributed by atoms with van der Waals surface area (Å²) in [6, 6.07) is 18.6. The Hall–Kier alpha value is -3.12. The van der Waals surface area contributed by atoms with Crippen LogP contribution in [0.5, 0.6) is 0 Å². The summed E-state index contributed by atoms with van der Waals surface area (Å²) in [5.41, 5.74) is 2.25. The molecule has 0 spiro atoms. The van der Waals surface area contributed by atoms with Crippen molar-refractivity contribution >= 4 is 29.2 Å². The number of amides is 1. The summed E-state index contributed by atoms with van der Waals surface area (Å²) in [5, 5.41) is 7.14. The first-order valence-electron chi connectivity index (χ1n) is 8.33. The monoisotopic (exact) mass is 383 g/mol. The lowest BCUT2D eigenvalue weighted by Crippen LogP contribution is -2.21. The Labute approximate surface area is 161 Å². The van der Waals surface area contributed by atoms with E-state index in [4.69, 9.17) is 16.3 Å². The molecule has 1 aromatic heterocycles. The van der Waals surface area contributed by atoms with Crippen molar-refractivity contribution in [1.29, 1.82) is 0 Å². The Morgan fingerprint density at radius 1 is 1.07 bits per heavy atom. The number of hydrogen-bond acceptors (Lipinski definition) is 4. The van der Waals surface area contributed by atoms with Crippen molar-refractivity contribution in [2.24, 2.45) is 0 Å². The smallest absolute Gasteiger partial charge is 0.343 e. The largest absolute Gasteiger partial charge is 0.452 e. The van der Waals surface area contributed by atoms with E-state index in [1.807, 2.05) is 36.4 Å². The lowest BCUT2D eigenvalue weighted by Gasteiger charge is -2.07. The predicted octanol–water partition coefficient (Wildman–Crippen LogP) is 3.69. The van der Waals surface area contributed by atoms with Crippen LogP contribution in [-0.2, 0) is 16.1 Å². The molecule has 0 unspecified atom stereocenters. The van der Waals surface area contributed by atoms with Gasteiger partial charge in [0.15, 0.2) is 6.61 Å². The molecule has 1 heterocycles. The second-order valence-corrected chi connectivity index (χ2v) is 6.24. The summed E-state index contributed by atoms with van der Waals surface area (Å²) >= 11 is 6.32. The highest BCUT2D eigenvalue weighted by atomic mass is 35.5. The van der Waals surface area contributed by atoms with Crippen molar-refractivity contribution in [3.8, 4) is 0 Å². The number of hydrogen-bond donors (Lipinski definition) is 1. The van der Waals surface area contributed by atoms with Gasteiger partial charge in [-0.3, -0.25) is 4.79 Å². The number of esters is 1. The molecule has 0 aliphatic rings. The standard InChI is InChI=1S/C20H18ClN3O3/c1-14-18(19(21)24(23-14)12-15-8-4-2-5-9-15)20(26)27-13-17(25)22-16-10-6-3-7-11-16/h2-11H,12-13H2,1H3,(H,22,25). The molecule has 3 aromatic rings. The van der Waals surface area contributed by atoms with Crippen molar-refractivity contribution in [2.45, 2.75) is 13.5 Å². The quantitative estimate of drug-likeness (QED) is 0.659. The first-order valence-corrected chi connectivity index (χ1v) is 8.71. The first-order chi connectivity index (χ1) is 13.0. The lowest BCUT2D eigenvalue weighted by atomic mass is 10.2. The summed E-state index contributed by atoms with van der Waals surface area (Å²) in [6.07, 6.45) is 0. The number of anilines is 1. The molecule has 0 saturated carbocycles. The maximum atomic E-state index is 12.4. The highest BCUT2D eigenvalue weighted by molar-refractivity contribution is 6.32. The number of aromatic nitrogens is 2. The fourth-order valence-corrected chi connectivity index (χ4v) is 2.88. The summed E-state index contributed by atoms with van der Waals surface area (Å²) in [7, 11) is 0. The summed E-state index contributed by atoms with van der Waals surface area (Å²) < 4.78 is 6.63. The van der Waals surface area contributed by atoms with Crippen LogP contribution in [0.15, 0.2) is 60.7 Å². The molecule has 0 atom stereocenters. The van der Waals surface area contributed by atoms with Gasteiger partial charge in [-0.25, -0.2) is 9.48 Å². The topological polar surface area (TPSA) is 73.2 Å². The minimum atomic E-state index is -0.681. The van der Waals surface area contributed by atoms with E-state index in [0.29, 0.717) is 17.9 Å². The van der Waals surface area contributed by atoms with Crippen LogP contribution in [0.1, 0.15) is 21.6 Å². The molecule has 27 heavy (non-hydrogen) atoms. The fraction of sp³-hybridized carbons (Fsp3) is 0.150. The van der Waals surface area contributed by atoms with Gasteiger partial charge in [0.05, 0.1) is 12.2 Å². The second kappa shape index (κ2) is 8.51. The molecular weight excluding hydrogens is 366 g/mol. The molecule has 0 bridgehead atoms. The molecule has 1 amide bonds. The zero-order valence-corrected chi connectivity index (χ0v) is 15.4. The number of carbonyl (C=O) groups is 2. The van der Waals surface area contributed by atoms with Gasteiger partial charge in [0, 0.05) is 5.69 Å². The number of ether oxygens (including phenoxy) is 1. The van der Waals surface area contributed by atoms with E-state index in [1.165, 1.54) is 4.68 Å². The van der Waals surface area contributed by atoms with Gasteiger partial charge in [-0.15, -0.1) is 0 Å². The maximum absolute atomic E-state index is 12.4. The fourth-order valence-electron chi connectivity index (χ4n) is 2.57. The average molecular weight is 384 g/mol. The van der Waals surface area contributed by atoms with E-state index in [2.05, 4.69) is 10.4 Å². The molecule has 0 aliphatic heterocycles. The van der Waals surface area contributed by atoms with E-state index in [1.54, 1.807) is 31.2 Å². The molecule has 6 nitrogen and oxygen atoms in total. The number of para-hydroxylation sites is 1. The third-order valence-corrected chi connectivity index (χ3v) is 4.22. The van der Waals surface area contributed by atoms with E-state index < -0.39 is 18.5 Å². The van der Waals surface area contributed by atoms with Crippen molar-refractivity contribution in [1.82, 2.24) is 9.78 Å². The van der Waals surface area contributed by atoms with Crippen molar-refractivity contribution in [2.75, 3.05) is 11.9 Å². The van der Waals surface area contributed by atoms with Crippen molar-refractivity contribution < 1.29 is 14.3 Å². The number of nitrogens with zero attached hydrogens (tertiary/aromatic N) is 2. The molecule has 3 rings (SSSR count). The van der Waals surface area contributed by atoms with Crippen molar-refractivity contribution in [3.05, 3.63) is 82.6 Å². The van der Waals surface area contributed by atoms with Crippen LogP contribution >= 0.6 is 11.6 Å². The van der Waals surface area contributed by atoms with Crippen LogP contribution < -0.4 is 5.32 Å². The SMILES string of the molecule is Cc1nn(Cc2ccccc2)c(Cl)c1C(=O)OCC(=O)Nc1ccccc1. The van der Waals surface area contributed by atoms with Gasteiger partial charge in [0.1, 0.15) is 10.7 Å². The second-order valence-electron chi connectivity index (χ2n) is 5.88. The first kappa shape index (κ1) is 18.7. The zero-order valence-electron chi connectivity index (χ0n) is 14.7. The Morgan fingerprint density at radius 2 is 1.70 bits per heavy atom. The summed E-state index contributed by atoms with van der Waals surface area (Å²) in [4.78, 5) is 24.3. The van der Waals surface area contributed by atoms with E-state index in [0.717, 1.165) is 5.56 Å². The Morgan fingerprint density at radius 3 is 2.37 bits per heavy atom. The molecule has 0 fully saturated rings. The van der Waals surface area contributed by atoms with Gasteiger partial charge in [0.2, 0.25) is 0 Å². The Kier molecular flexibility index (Phi) is 5.88. The van der Waals surface area contributed by atoms with Crippen LogP contribution in [0.4, 0.5) is 5.69 Å². The van der Waals surface area contributed by atoms with Crippen LogP contribution in [0.2, 0.25) is 5.15 Å². The van der Waals surface area contributed by atoms with E-state index in [-0.39, 0.29) is 10.7 Å². The van der Waals surface area contributed by atoms with Gasteiger partial charge in [-0.05, 0) is 24.6 Å². The highest BCUT2D eigenvalue weighted by Crippen LogP contribution is 2.22. The zero-order chi connectivity index (χ0) is 19.2. The third-order valence-electron chi connectivity index (χ3n) is 3.84. The van der Waals surface area contributed by atoms with E-state index >= 15 is 0 Å². The molecule has 0 aliphatic carbocycles. The average Bonchev–Trinajstić information content (AvgIpc) is 2.95. The molecule has 1 N–H and O–H groups in total. The Bertz CT molecular complexity index is 940. The van der Waals surface area contributed by atoms with Gasteiger partial charge in [-0.1, -0.05) is 60.1 Å². The number of aryl methyl sites for hydroxylation is 1. The van der Waals surface area contributed by atoms with Crippen LogP contribution in [0, 0.1) is 6.92 Å². The number of carbonyl (C=O) groups excluding carboxylic acids is 2. The van der Waals surface area contributed by atoms with Crippen LogP contribution in [0.25, 0.3) is 0 Å². The molecule has 0 radical (unpaired) electrons. The van der Waals surface area contributed by atoms with Gasteiger partial charge >= 0.3 is 5.97 Å². The molecule has 7 heteroatoms. The minimum Gasteiger partial charge on any atom is -0.452 e. The van der Waals surface area contributed by atoms with E-state index in [9.17, 15) is 9.59 Å². The molecule has 138 valence electrons.